The number of hydrogen-bond acceptors (Lipinski definition) is 2. The Morgan fingerprint density at radius 2 is 1.79 bits per heavy atom. The minimum Gasteiger partial charge on any atom is -0.350 e. The fourth-order valence-electron chi connectivity index (χ4n) is 2.35. The van der Waals surface area contributed by atoms with Crippen molar-refractivity contribution in [2.75, 3.05) is 23.4 Å². The highest BCUT2D eigenvalue weighted by atomic mass is 35.5. The molecule has 0 unspecified atom stereocenters. The van der Waals surface area contributed by atoms with Gasteiger partial charge in [-0.15, -0.1) is 0 Å². The van der Waals surface area contributed by atoms with Crippen molar-refractivity contribution in [2.45, 2.75) is 0 Å². The van der Waals surface area contributed by atoms with Crippen LogP contribution in [0.4, 0.5) is 17.1 Å². The summed E-state index contributed by atoms with van der Waals surface area (Å²) in [5, 5.41) is 0.759. The third-order valence-corrected chi connectivity index (χ3v) is 3.53. The predicted molar refractivity (Wildman–Crippen MR) is 82.4 cm³/mol. The summed E-state index contributed by atoms with van der Waals surface area (Å²) in [6, 6.07) is 16.4. The van der Waals surface area contributed by atoms with Crippen molar-refractivity contribution in [1.29, 1.82) is 0 Å². The molecule has 19 heavy (non-hydrogen) atoms. The Balaban J connectivity index is 2.15. The minimum absolute atomic E-state index is 0.759. The van der Waals surface area contributed by atoms with Gasteiger partial charge >= 0.3 is 0 Å². The zero-order valence-corrected chi connectivity index (χ0v) is 11.5. The molecule has 0 N–H and O–H groups in total. The van der Waals surface area contributed by atoms with E-state index in [1.165, 1.54) is 5.69 Å². The molecule has 0 aliphatic carbocycles. The van der Waals surface area contributed by atoms with Crippen LogP contribution >= 0.6 is 11.6 Å². The van der Waals surface area contributed by atoms with Gasteiger partial charge in [0.05, 0.1) is 11.4 Å². The van der Waals surface area contributed by atoms with Crippen molar-refractivity contribution in [3.63, 3.8) is 0 Å². The van der Waals surface area contributed by atoms with Crippen LogP contribution in [0, 0.1) is 0 Å². The molecular formula is C16H15ClN2. The number of nitrogens with zero attached hydrogens (tertiary/aromatic N) is 2. The molecule has 3 rings (SSSR count). The van der Waals surface area contributed by atoms with Crippen molar-refractivity contribution in [3.05, 3.63) is 65.8 Å². The Bertz CT molecular complexity index is 607. The molecule has 96 valence electrons. The second kappa shape index (κ2) is 4.98. The van der Waals surface area contributed by atoms with Crippen molar-refractivity contribution in [3.8, 4) is 0 Å². The highest BCUT2D eigenvalue weighted by Crippen LogP contribution is 2.37. The van der Waals surface area contributed by atoms with Crippen molar-refractivity contribution >= 4 is 28.7 Å². The average Bonchev–Trinajstić information content (AvgIpc) is 2.59. The Kier molecular flexibility index (Phi) is 3.18. The van der Waals surface area contributed by atoms with E-state index in [0.717, 1.165) is 22.9 Å². The molecule has 1 aliphatic rings. The van der Waals surface area contributed by atoms with Gasteiger partial charge in [0, 0.05) is 30.5 Å². The number of rotatable bonds is 1. The molecule has 2 aromatic carbocycles. The van der Waals surface area contributed by atoms with Gasteiger partial charge in [-0.2, -0.15) is 0 Å². The van der Waals surface area contributed by atoms with Crippen LogP contribution in [0.25, 0.3) is 0 Å². The Hall–Kier alpha value is -1.93. The SMILES string of the molecule is CN1C=CCN(c2ccccc2)c2cc(Cl)ccc21. The van der Waals surface area contributed by atoms with Gasteiger partial charge in [0.15, 0.2) is 0 Å². The lowest BCUT2D eigenvalue weighted by atomic mass is 10.2. The normalized spacial score (nSPS) is 14.2. The van der Waals surface area contributed by atoms with E-state index in [-0.39, 0.29) is 0 Å². The lowest BCUT2D eigenvalue weighted by molar-refractivity contribution is 1.11. The number of hydrogen-bond donors (Lipinski definition) is 0. The second-order valence-corrected chi connectivity index (χ2v) is 5.01. The molecule has 1 heterocycles. The Morgan fingerprint density at radius 1 is 1.00 bits per heavy atom. The standard InChI is InChI=1S/C16H15ClN2/c1-18-10-5-11-19(14-6-3-2-4-7-14)16-12-13(17)8-9-15(16)18/h2-10,12H,11H2,1H3. The first kappa shape index (κ1) is 12.1. The van der Waals surface area contributed by atoms with Crippen molar-refractivity contribution < 1.29 is 0 Å². The summed E-state index contributed by atoms with van der Waals surface area (Å²) in [7, 11) is 2.05. The largest absolute Gasteiger partial charge is 0.350 e. The van der Waals surface area contributed by atoms with Gasteiger partial charge in [0.1, 0.15) is 0 Å². The summed E-state index contributed by atoms with van der Waals surface area (Å²) in [5.41, 5.74) is 3.46. The monoisotopic (exact) mass is 270 g/mol. The summed E-state index contributed by atoms with van der Waals surface area (Å²) < 4.78 is 0. The first-order valence-electron chi connectivity index (χ1n) is 6.27. The average molecular weight is 271 g/mol. The van der Waals surface area contributed by atoms with Crippen LogP contribution in [-0.4, -0.2) is 13.6 Å². The van der Waals surface area contributed by atoms with Crippen LogP contribution in [0.2, 0.25) is 5.02 Å². The van der Waals surface area contributed by atoms with E-state index in [4.69, 9.17) is 11.6 Å². The van der Waals surface area contributed by atoms with Gasteiger partial charge in [0.2, 0.25) is 0 Å². The van der Waals surface area contributed by atoms with Gasteiger partial charge in [-0.25, -0.2) is 0 Å². The Labute approximate surface area is 118 Å². The van der Waals surface area contributed by atoms with E-state index in [1.54, 1.807) is 0 Å². The second-order valence-electron chi connectivity index (χ2n) is 4.57. The van der Waals surface area contributed by atoms with Crippen molar-refractivity contribution in [2.24, 2.45) is 0 Å². The first-order chi connectivity index (χ1) is 9.25. The third-order valence-electron chi connectivity index (χ3n) is 3.29. The Morgan fingerprint density at radius 3 is 2.58 bits per heavy atom. The molecule has 0 radical (unpaired) electrons. The van der Waals surface area contributed by atoms with Gasteiger partial charge in [-0.1, -0.05) is 29.8 Å². The van der Waals surface area contributed by atoms with Crippen LogP contribution in [0.1, 0.15) is 0 Å². The summed E-state index contributed by atoms with van der Waals surface area (Å²) >= 11 is 6.16. The number of benzene rings is 2. The van der Waals surface area contributed by atoms with Gasteiger partial charge in [0.25, 0.3) is 0 Å². The van der Waals surface area contributed by atoms with Gasteiger partial charge < -0.3 is 9.80 Å². The molecule has 1 aliphatic heterocycles. The van der Waals surface area contributed by atoms with Crippen molar-refractivity contribution in [1.82, 2.24) is 0 Å². The van der Waals surface area contributed by atoms with Crippen LogP contribution in [-0.2, 0) is 0 Å². The molecule has 2 aromatic rings. The molecule has 0 fully saturated rings. The highest BCUT2D eigenvalue weighted by molar-refractivity contribution is 6.31. The molecule has 0 aromatic heterocycles. The smallest absolute Gasteiger partial charge is 0.0669 e. The summed E-state index contributed by atoms with van der Waals surface area (Å²) in [4.78, 5) is 4.38. The number of anilines is 3. The maximum absolute atomic E-state index is 6.16. The molecule has 0 atom stereocenters. The summed E-state index contributed by atoms with van der Waals surface area (Å²) in [5.74, 6) is 0. The molecular weight excluding hydrogens is 256 g/mol. The van der Waals surface area contributed by atoms with E-state index >= 15 is 0 Å². The number of halogens is 1. The van der Waals surface area contributed by atoms with Gasteiger partial charge in [-0.3, -0.25) is 0 Å². The van der Waals surface area contributed by atoms with E-state index in [1.807, 2.05) is 18.2 Å². The van der Waals surface area contributed by atoms with E-state index in [2.05, 4.69) is 59.5 Å². The lowest BCUT2D eigenvalue weighted by Crippen LogP contribution is -2.17. The highest BCUT2D eigenvalue weighted by Gasteiger charge is 2.17. The maximum atomic E-state index is 6.16. The number of fused-ring (bicyclic) bond motifs is 1. The topological polar surface area (TPSA) is 6.48 Å². The molecule has 0 saturated heterocycles. The van der Waals surface area contributed by atoms with E-state index in [0.29, 0.717) is 0 Å². The zero-order valence-electron chi connectivity index (χ0n) is 10.8. The van der Waals surface area contributed by atoms with E-state index < -0.39 is 0 Å². The molecule has 0 spiro atoms. The van der Waals surface area contributed by atoms with E-state index in [9.17, 15) is 0 Å². The molecule has 0 amide bonds. The fraction of sp³-hybridized carbons (Fsp3) is 0.125. The lowest BCUT2D eigenvalue weighted by Gasteiger charge is -2.26. The van der Waals surface area contributed by atoms with Crippen LogP contribution in [0.15, 0.2) is 60.8 Å². The summed E-state index contributed by atoms with van der Waals surface area (Å²) in [6.45, 7) is 0.835. The molecule has 2 nitrogen and oxygen atoms in total. The zero-order chi connectivity index (χ0) is 13.2. The predicted octanol–water partition coefficient (Wildman–Crippen LogP) is 4.44. The molecule has 0 bridgehead atoms. The first-order valence-corrected chi connectivity index (χ1v) is 6.65. The fourth-order valence-corrected chi connectivity index (χ4v) is 2.52. The third kappa shape index (κ3) is 2.32. The van der Waals surface area contributed by atoms with Crippen LogP contribution < -0.4 is 9.80 Å². The maximum Gasteiger partial charge on any atom is 0.0669 e. The van der Waals surface area contributed by atoms with Crippen LogP contribution in [0.3, 0.4) is 0 Å². The van der Waals surface area contributed by atoms with Crippen LogP contribution in [0.5, 0.6) is 0 Å². The van der Waals surface area contributed by atoms with Gasteiger partial charge in [-0.05, 0) is 36.4 Å². The quantitative estimate of drug-likeness (QED) is 0.756. The summed E-state index contributed by atoms with van der Waals surface area (Å²) in [6.07, 6.45) is 4.25. The molecule has 3 heteroatoms. The minimum atomic E-state index is 0.759. The number of para-hydroxylation sites is 1. The molecule has 0 saturated carbocycles.